The molecule has 0 unspecified atom stereocenters. The predicted octanol–water partition coefficient (Wildman–Crippen LogP) is 2.28. The molecule has 1 N–H and O–H groups in total. The Balaban J connectivity index is 1.51. The van der Waals surface area contributed by atoms with Gasteiger partial charge >= 0.3 is 5.97 Å². The van der Waals surface area contributed by atoms with Crippen LogP contribution in [0.3, 0.4) is 0 Å². The number of carboxylic acids is 1. The van der Waals surface area contributed by atoms with Gasteiger partial charge in [0.1, 0.15) is 11.4 Å². The van der Waals surface area contributed by atoms with Crippen molar-refractivity contribution in [2.75, 3.05) is 26.2 Å². The summed E-state index contributed by atoms with van der Waals surface area (Å²) in [5.41, 5.74) is -0.167. The zero-order valence-electron chi connectivity index (χ0n) is 15.5. The van der Waals surface area contributed by atoms with E-state index in [9.17, 15) is 14.7 Å². The second kappa shape index (κ2) is 7.93. The van der Waals surface area contributed by atoms with Gasteiger partial charge in [-0.1, -0.05) is 0 Å². The van der Waals surface area contributed by atoms with Crippen LogP contribution >= 0.6 is 0 Å². The van der Waals surface area contributed by atoms with E-state index in [1.54, 1.807) is 23.2 Å². The van der Waals surface area contributed by atoms with Gasteiger partial charge in [0, 0.05) is 38.4 Å². The van der Waals surface area contributed by atoms with Gasteiger partial charge in [-0.05, 0) is 43.5 Å². The minimum absolute atomic E-state index is 0.0767. The van der Waals surface area contributed by atoms with Crippen molar-refractivity contribution < 1.29 is 19.4 Å². The zero-order valence-corrected chi connectivity index (χ0v) is 15.5. The van der Waals surface area contributed by atoms with Gasteiger partial charge in [0.05, 0.1) is 6.20 Å². The van der Waals surface area contributed by atoms with Gasteiger partial charge in [0.15, 0.2) is 11.4 Å². The van der Waals surface area contributed by atoms with Crippen molar-refractivity contribution in [2.45, 2.75) is 25.3 Å². The minimum atomic E-state index is -1.25. The summed E-state index contributed by atoms with van der Waals surface area (Å²) in [6.45, 7) is 3.14. The number of rotatable bonds is 5. The molecule has 2 aliphatic rings. The fraction of sp³-hybridized carbons (Fsp3) is 0.400. The third kappa shape index (κ3) is 4.12. The highest BCUT2D eigenvalue weighted by Crippen LogP contribution is 2.28. The average Bonchev–Trinajstić information content (AvgIpc) is 3.55. The fourth-order valence-corrected chi connectivity index (χ4v) is 3.44. The summed E-state index contributed by atoms with van der Waals surface area (Å²) in [5, 5.41) is 9.52. The minimum Gasteiger partial charge on any atom is -0.476 e. The maximum atomic E-state index is 12.9. The molecule has 8 nitrogen and oxygen atoms in total. The summed E-state index contributed by atoms with van der Waals surface area (Å²) in [5.74, 6) is -1.01. The number of aromatic nitrogens is 2. The van der Waals surface area contributed by atoms with Crippen molar-refractivity contribution >= 4 is 11.9 Å². The number of carbonyl (C=O) groups excluding carboxylic acids is 1. The lowest BCUT2D eigenvalue weighted by molar-refractivity contribution is 0.0686. The van der Waals surface area contributed by atoms with Crippen LogP contribution in [0.2, 0.25) is 0 Å². The molecule has 2 aromatic rings. The van der Waals surface area contributed by atoms with E-state index in [0.717, 1.165) is 19.5 Å². The van der Waals surface area contributed by atoms with E-state index in [1.807, 2.05) is 0 Å². The second-order valence-electron chi connectivity index (χ2n) is 7.05. The number of carbonyl (C=O) groups is 2. The van der Waals surface area contributed by atoms with Gasteiger partial charge in [0.2, 0.25) is 0 Å². The molecule has 3 heterocycles. The molecule has 1 saturated heterocycles. The van der Waals surface area contributed by atoms with Crippen LogP contribution in [0.25, 0.3) is 0 Å². The highest BCUT2D eigenvalue weighted by molar-refractivity contribution is 5.95. The third-order valence-corrected chi connectivity index (χ3v) is 5.02. The lowest BCUT2D eigenvalue weighted by atomic mass is 10.2. The standard InChI is InChI=1S/C20H22N4O4/c25-19(24-10-2-9-23(11-12-24)14-4-5-14)16-6-7-17(18(22-16)20(26)27)28-15-3-1-8-21-13-15/h1,3,6-8,13-14H,2,4-5,9-12H2,(H,26,27). The highest BCUT2D eigenvalue weighted by atomic mass is 16.5. The summed E-state index contributed by atoms with van der Waals surface area (Å²) in [6, 6.07) is 7.02. The van der Waals surface area contributed by atoms with Crippen molar-refractivity contribution in [3.63, 3.8) is 0 Å². The van der Waals surface area contributed by atoms with E-state index in [1.165, 1.54) is 31.2 Å². The van der Waals surface area contributed by atoms with E-state index in [4.69, 9.17) is 4.74 Å². The lowest BCUT2D eigenvalue weighted by Crippen LogP contribution is -2.36. The molecule has 146 valence electrons. The molecule has 8 heteroatoms. The number of hydrogen-bond donors (Lipinski definition) is 1. The third-order valence-electron chi connectivity index (χ3n) is 5.02. The molecular weight excluding hydrogens is 360 g/mol. The Kier molecular flexibility index (Phi) is 5.21. The van der Waals surface area contributed by atoms with Crippen molar-refractivity contribution in [3.05, 3.63) is 48.0 Å². The van der Waals surface area contributed by atoms with Gasteiger partial charge in [-0.2, -0.15) is 0 Å². The van der Waals surface area contributed by atoms with Crippen LogP contribution in [0.4, 0.5) is 0 Å². The summed E-state index contributed by atoms with van der Waals surface area (Å²) in [7, 11) is 0. The van der Waals surface area contributed by atoms with Crippen LogP contribution in [0, 0.1) is 0 Å². The Morgan fingerprint density at radius 3 is 2.68 bits per heavy atom. The molecule has 0 spiro atoms. The predicted molar refractivity (Wildman–Crippen MR) is 101 cm³/mol. The lowest BCUT2D eigenvalue weighted by Gasteiger charge is -2.21. The largest absolute Gasteiger partial charge is 0.476 e. The first-order valence-electron chi connectivity index (χ1n) is 9.47. The monoisotopic (exact) mass is 382 g/mol. The molecule has 1 saturated carbocycles. The number of carboxylic acid groups (broad SMARTS) is 1. The maximum absolute atomic E-state index is 12.9. The number of amides is 1. The summed E-state index contributed by atoms with van der Waals surface area (Å²) in [6.07, 6.45) is 6.48. The molecule has 0 aromatic carbocycles. The van der Waals surface area contributed by atoms with Crippen LogP contribution in [0.1, 0.15) is 40.2 Å². The molecule has 2 fully saturated rings. The van der Waals surface area contributed by atoms with Gasteiger partial charge < -0.3 is 14.7 Å². The van der Waals surface area contributed by atoms with Crippen molar-refractivity contribution in [1.29, 1.82) is 0 Å². The number of aromatic carboxylic acids is 1. The average molecular weight is 382 g/mol. The van der Waals surface area contributed by atoms with E-state index < -0.39 is 5.97 Å². The van der Waals surface area contributed by atoms with Crippen molar-refractivity contribution in [3.8, 4) is 11.5 Å². The van der Waals surface area contributed by atoms with E-state index >= 15 is 0 Å². The van der Waals surface area contributed by atoms with E-state index in [0.29, 0.717) is 24.9 Å². The van der Waals surface area contributed by atoms with Crippen molar-refractivity contribution in [1.82, 2.24) is 19.8 Å². The van der Waals surface area contributed by atoms with Crippen LogP contribution in [-0.4, -0.2) is 69.0 Å². The number of nitrogens with zero attached hydrogens (tertiary/aromatic N) is 4. The normalized spacial score (nSPS) is 17.8. The van der Waals surface area contributed by atoms with Gasteiger partial charge in [-0.25, -0.2) is 9.78 Å². The summed E-state index contributed by atoms with van der Waals surface area (Å²) in [4.78, 5) is 36.8. The van der Waals surface area contributed by atoms with Gasteiger partial charge in [-0.15, -0.1) is 0 Å². The first kappa shape index (κ1) is 18.4. The Labute approximate surface area is 162 Å². The first-order chi connectivity index (χ1) is 13.6. The maximum Gasteiger partial charge on any atom is 0.358 e. The highest BCUT2D eigenvalue weighted by Gasteiger charge is 2.31. The molecule has 2 aromatic heterocycles. The Morgan fingerprint density at radius 1 is 1.11 bits per heavy atom. The smallest absolute Gasteiger partial charge is 0.358 e. The Morgan fingerprint density at radius 2 is 1.96 bits per heavy atom. The van der Waals surface area contributed by atoms with Crippen LogP contribution in [-0.2, 0) is 0 Å². The molecule has 1 aliphatic heterocycles. The number of ether oxygens (including phenoxy) is 1. The molecule has 1 aliphatic carbocycles. The Hall–Kier alpha value is -3.00. The number of hydrogen-bond acceptors (Lipinski definition) is 6. The molecule has 1 amide bonds. The molecule has 0 atom stereocenters. The number of pyridine rings is 2. The molecule has 4 rings (SSSR count). The Bertz CT molecular complexity index is 870. The molecular formula is C20H22N4O4. The quantitative estimate of drug-likeness (QED) is 0.847. The fourth-order valence-electron chi connectivity index (χ4n) is 3.44. The molecule has 0 bridgehead atoms. The second-order valence-corrected chi connectivity index (χ2v) is 7.05. The van der Waals surface area contributed by atoms with E-state index in [2.05, 4.69) is 14.9 Å². The first-order valence-corrected chi connectivity index (χ1v) is 9.47. The van der Waals surface area contributed by atoms with Crippen molar-refractivity contribution in [2.24, 2.45) is 0 Å². The topological polar surface area (TPSA) is 95.9 Å². The van der Waals surface area contributed by atoms with Gasteiger partial charge in [-0.3, -0.25) is 14.7 Å². The zero-order chi connectivity index (χ0) is 19.5. The summed E-state index contributed by atoms with van der Waals surface area (Å²) >= 11 is 0. The van der Waals surface area contributed by atoms with Gasteiger partial charge in [0.25, 0.3) is 5.91 Å². The molecule has 0 radical (unpaired) electrons. The summed E-state index contributed by atoms with van der Waals surface area (Å²) < 4.78 is 5.58. The van der Waals surface area contributed by atoms with E-state index in [-0.39, 0.29) is 23.0 Å². The molecule has 28 heavy (non-hydrogen) atoms. The van der Waals surface area contributed by atoms with Crippen LogP contribution in [0.5, 0.6) is 11.5 Å². The van der Waals surface area contributed by atoms with Crippen LogP contribution in [0.15, 0.2) is 36.7 Å². The van der Waals surface area contributed by atoms with Crippen LogP contribution < -0.4 is 4.74 Å². The SMILES string of the molecule is O=C(O)c1nc(C(=O)N2CCCN(C3CC3)CC2)ccc1Oc1cccnc1.